The van der Waals surface area contributed by atoms with Gasteiger partial charge in [-0.2, -0.15) is 0 Å². The number of hydrogen-bond acceptors (Lipinski definition) is 7. The molecule has 1 aliphatic carbocycles. The number of carboxylic acid groups (broad SMARTS) is 1. The first kappa shape index (κ1) is 37.3. The van der Waals surface area contributed by atoms with Gasteiger partial charge in [0.2, 0.25) is 5.91 Å². The Morgan fingerprint density at radius 1 is 0.731 bits per heavy atom. The van der Waals surface area contributed by atoms with Crippen molar-refractivity contribution in [3.8, 4) is 16.9 Å². The number of nitrogens with two attached hydrogens (primary N) is 1. The van der Waals surface area contributed by atoms with E-state index in [9.17, 15) is 14.4 Å². The van der Waals surface area contributed by atoms with Crippen LogP contribution in [-0.4, -0.2) is 63.2 Å². The molecule has 10 nitrogen and oxygen atoms in total. The van der Waals surface area contributed by atoms with Gasteiger partial charge in [-0.1, -0.05) is 121 Å². The average Bonchev–Trinajstić information content (AvgIpc) is 3.51. The Morgan fingerprint density at radius 2 is 1.23 bits per heavy atom. The second-order valence-electron chi connectivity index (χ2n) is 12.0. The zero-order chi connectivity index (χ0) is 36.9. The number of primary amides is 1. The summed E-state index contributed by atoms with van der Waals surface area (Å²) >= 11 is 0. The predicted octanol–water partition coefficient (Wildman–Crippen LogP) is 6.50. The molecule has 52 heavy (non-hydrogen) atoms. The molecule has 1 atom stereocenters. The van der Waals surface area contributed by atoms with Gasteiger partial charge in [0.1, 0.15) is 30.6 Å². The van der Waals surface area contributed by atoms with E-state index in [0.717, 1.165) is 44.7 Å². The molecule has 2 amide bonds. The van der Waals surface area contributed by atoms with Crippen LogP contribution in [0.25, 0.3) is 11.1 Å². The van der Waals surface area contributed by atoms with E-state index >= 15 is 0 Å². The second-order valence-corrected chi connectivity index (χ2v) is 12.0. The summed E-state index contributed by atoms with van der Waals surface area (Å²) in [5, 5.41) is 10.7. The van der Waals surface area contributed by atoms with Crippen LogP contribution in [0, 0.1) is 0 Å². The average molecular weight is 703 g/mol. The maximum Gasteiger partial charge on any atom is 0.407 e. The molecule has 10 heteroatoms. The Balaban J connectivity index is 0.000000210. The van der Waals surface area contributed by atoms with Crippen molar-refractivity contribution >= 4 is 18.0 Å². The van der Waals surface area contributed by atoms with Gasteiger partial charge in [0.15, 0.2) is 0 Å². The number of aliphatic carboxylic acids is 1. The molecule has 0 aliphatic heterocycles. The molecule has 4 N–H and O–H groups in total. The minimum absolute atomic E-state index is 0.0250. The van der Waals surface area contributed by atoms with Crippen molar-refractivity contribution < 1.29 is 38.4 Å². The van der Waals surface area contributed by atoms with Gasteiger partial charge in [-0.15, -0.1) is 0 Å². The Hall–Kier alpha value is -5.97. The van der Waals surface area contributed by atoms with Gasteiger partial charge in [0.25, 0.3) is 0 Å². The third kappa shape index (κ3) is 8.66. The van der Waals surface area contributed by atoms with Crippen LogP contribution >= 0.6 is 0 Å². The van der Waals surface area contributed by atoms with Gasteiger partial charge in [-0.3, -0.25) is 9.59 Å². The second kappa shape index (κ2) is 17.8. The summed E-state index contributed by atoms with van der Waals surface area (Å²) in [6.45, 7) is 0.0893. The third-order valence-electron chi connectivity index (χ3n) is 8.81. The number of hydrogen-bond donors (Lipinski definition) is 3. The largest absolute Gasteiger partial charge is 0.497 e. The summed E-state index contributed by atoms with van der Waals surface area (Å²) in [5.41, 5.74) is 11.9. The van der Waals surface area contributed by atoms with Crippen molar-refractivity contribution in [1.29, 1.82) is 0 Å². The molecule has 0 fully saturated rings. The molecule has 0 spiro atoms. The zero-order valence-electron chi connectivity index (χ0n) is 29.1. The summed E-state index contributed by atoms with van der Waals surface area (Å²) in [7, 11) is 3.21. The standard InChI is InChI=1S/C25H27NO4.C17H15NO4/c1-28-18-17-23(24(26)27)30-25(19-9-5-3-6-10-19,20-11-7-4-8-12-20)21-13-15-22(29-2)16-14-21;19-16(20)9-18-17(21)22-10-15-13-7-3-1-5-11(13)12-6-2-4-8-14(12)15/h3-16,23H,17-18H2,1-2H3,(H2,26,27);1-8,15H,9-10H2,(H,18,21)(H,19,20). The van der Waals surface area contributed by atoms with E-state index in [1.165, 1.54) is 0 Å². The fourth-order valence-corrected chi connectivity index (χ4v) is 6.37. The number of methoxy groups -OCH3 is 2. The lowest BCUT2D eigenvalue weighted by Gasteiger charge is -2.38. The number of nitrogens with one attached hydrogen (secondary N) is 1. The lowest BCUT2D eigenvalue weighted by molar-refractivity contribution is -0.139. The van der Waals surface area contributed by atoms with Gasteiger partial charge >= 0.3 is 12.1 Å². The van der Waals surface area contributed by atoms with Crippen LogP contribution in [0.4, 0.5) is 4.79 Å². The van der Waals surface area contributed by atoms with Gasteiger partial charge in [0, 0.05) is 26.1 Å². The van der Waals surface area contributed by atoms with Gasteiger partial charge in [-0.25, -0.2) is 4.79 Å². The van der Waals surface area contributed by atoms with E-state index in [-0.39, 0.29) is 12.5 Å². The van der Waals surface area contributed by atoms with Crippen molar-refractivity contribution in [3.05, 3.63) is 161 Å². The van der Waals surface area contributed by atoms with E-state index in [1.807, 2.05) is 121 Å². The molecule has 268 valence electrons. The van der Waals surface area contributed by atoms with Crippen LogP contribution in [0.1, 0.15) is 40.2 Å². The summed E-state index contributed by atoms with van der Waals surface area (Å²) in [6.07, 6.45) is -1.21. The van der Waals surface area contributed by atoms with Crippen LogP contribution in [-0.2, 0) is 29.4 Å². The SMILES string of the molecule is COCCC(OC(c1ccccc1)(c1ccccc1)c1ccc(OC)cc1)C(N)=O.O=C(O)CNC(=O)OCC1c2ccccc2-c2ccccc21. The summed E-state index contributed by atoms with van der Waals surface area (Å²) in [5.74, 6) is -0.923. The fraction of sp³-hybridized carbons (Fsp3) is 0.214. The maximum absolute atomic E-state index is 12.3. The fourth-order valence-electron chi connectivity index (χ4n) is 6.37. The van der Waals surface area contributed by atoms with Crippen LogP contribution in [0.5, 0.6) is 5.75 Å². The number of ether oxygens (including phenoxy) is 4. The molecular formula is C42H42N2O8. The molecule has 0 saturated heterocycles. The number of rotatable bonds is 14. The van der Waals surface area contributed by atoms with Crippen molar-refractivity contribution in [3.63, 3.8) is 0 Å². The summed E-state index contributed by atoms with van der Waals surface area (Å²) in [4.78, 5) is 34.3. The van der Waals surface area contributed by atoms with Crippen LogP contribution < -0.4 is 15.8 Å². The molecule has 0 bridgehead atoms. The highest BCUT2D eigenvalue weighted by molar-refractivity contribution is 5.80. The minimum Gasteiger partial charge on any atom is -0.497 e. The number of fused-ring (bicyclic) bond motifs is 3. The van der Waals surface area contributed by atoms with Gasteiger partial charge < -0.3 is 35.1 Å². The molecule has 5 aromatic carbocycles. The highest BCUT2D eigenvalue weighted by Crippen LogP contribution is 2.45. The maximum atomic E-state index is 12.3. The Labute approximate surface area is 303 Å². The Morgan fingerprint density at radius 3 is 1.71 bits per heavy atom. The molecule has 1 unspecified atom stereocenters. The Kier molecular flexibility index (Phi) is 12.8. The number of carbonyl (C=O) groups is 3. The van der Waals surface area contributed by atoms with E-state index in [4.69, 9.17) is 29.8 Å². The van der Waals surface area contributed by atoms with Crippen molar-refractivity contribution in [2.75, 3.05) is 34.0 Å². The predicted molar refractivity (Wildman–Crippen MR) is 197 cm³/mol. The van der Waals surface area contributed by atoms with Crippen molar-refractivity contribution in [1.82, 2.24) is 5.32 Å². The first-order chi connectivity index (χ1) is 25.3. The molecule has 0 aromatic heterocycles. The topological polar surface area (TPSA) is 146 Å². The van der Waals surface area contributed by atoms with Crippen LogP contribution in [0.2, 0.25) is 0 Å². The highest BCUT2D eigenvalue weighted by atomic mass is 16.5. The number of benzene rings is 5. The first-order valence-electron chi connectivity index (χ1n) is 16.8. The number of amides is 2. The van der Waals surface area contributed by atoms with Gasteiger partial charge in [-0.05, 0) is 51.1 Å². The quantitative estimate of drug-likeness (QED) is 0.111. The van der Waals surface area contributed by atoms with E-state index < -0.39 is 36.2 Å². The normalized spacial score (nSPS) is 12.3. The molecule has 0 saturated carbocycles. The van der Waals surface area contributed by atoms with E-state index in [1.54, 1.807) is 14.2 Å². The van der Waals surface area contributed by atoms with Crippen LogP contribution in [0.15, 0.2) is 133 Å². The summed E-state index contributed by atoms with van der Waals surface area (Å²) in [6, 6.07) is 43.4. The zero-order valence-corrected chi connectivity index (χ0v) is 29.1. The van der Waals surface area contributed by atoms with E-state index in [2.05, 4.69) is 17.4 Å². The number of carbonyl (C=O) groups excluding carboxylic acids is 2. The molecule has 1 aliphatic rings. The third-order valence-corrected chi connectivity index (χ3v) is 8.81. The molecule has 5 aromatic rings. The highest BCUT2D eigenvalue weighted by Gasteiger charge is 2.41. The monoisotopic (exact) mass is 702 g/mol. The lowest BCUT2D eigenvalue weighted by Crippen LogP contribution is -2.42. The minimum atomic E-state index is -1.10. The van der Waals surface area contributed by atoms with Crippen molar-refractivity contribution in [2.24, 2.45) is 5.73 Å². The lowest BCUT2D eigenvalue weighted by atomic mass is 9.79. The first-order valence-corrected chi connectivity index (χ1v) is 16.8. The Bertz CT molecular complexity index is 1850. The molecule has 6 rings (SSSR count). The smallest absolute Gasteiger partial charge is 0.407 e. The summed E-state index contributed by atoms with van der Waals surface area (Å²) < 4.78 is 22.3. The number of alkyl carbamates (subject to hydrolysis) is 1. The van der Waals surface area contributed by atoms with Crippen LogP contribution in [0.3, 0.4) is 0 Å². The molecule has 0 heterocycles. The van der Waals surface area contributed by atoms with Gasteiger partial charge in [0.05, 0.1) is 7.11 Å². The molecular weight excluding hydrogens is 660 g/mol. The molecule has 0 radical (unpaired) electrons. The van der Waals surface area contributed by atoms with E-state index in [0.29, 0.717) is 13.0 Å². The van der Waals surface area contributed by atoms with Crippen molar-refractivity contribution in [2.45, 2.75) is 24.0 Å². The number of carboxylic acids is 1.